The average molecular weight is 602 g/mol. The van der Waals surface area contributed by atoms with Crippen LogP contribution >= 0.6 is 0 Å². The third-order valence-electron chi connectivity index (χ3n) is 8.71. The average Bonchev–Trinajstić information content (AvgIpc) is 3.03. The van der Waals surface area contributed by atoms with E-state index in [1.54, 1.807) is 42.0 Å². The number of hydrogen-bond acceptors (Lipinski definition) is 5. The van der Waals surface area contributed by atoms with Crippen LogP contribution in [0.5, 0.6) is 5.75 Å². The maximum atomic E-state index is 13.8. The highest BCUT2D eigenvalue weighted by Crippen LogP contribution is 2.35. The lowest BCUT2D eigenvalue weighted by Gasteiger charge is -2.38. The van der Waals surface area contributed by atoms with Gasteiger partial charge in [-0.05, 0) is 43.4 Å². The van der Waals surface area contributed by atoms with E-state index >= 15 is 0 Å². The second kappa shape index (κ2) is 14.0. The minimum absolute atomic E-state index is 0.160. The largest absolute Gasteiger partial charge is 0.485 e. The molecule has 1 heterocycles. The summed E-state index contributed by atoms with van der Waals surface area (Å²) in [5.41, 5.74) is 1.26. The summed E-state index contributed by atoms with van der Waals surface area (Å²) in [6.45, 7) is 4.17. The number of para-hydroxylation sites is 1. The molecule has 2 aliphatic rings. The van der Waals surface area contributed by atoms with Gasteiger partial charge < -0.3 is 35.6 Å². The van der Waals surface area contributed by atoms with Crippen molar-refractivity contribution in [2.24, 2.45) is 5.92 Å². The molecule has 10 nitrogen and oxygen atoms in total. The predicted molar refractivity (Wildman–Crippen MR) is 172 cm³/mol. The van der Waals surface area contributed by atoms with Crippen LogP contribution < -0.4 is 20.7 Å². The highest BCUT2D eigenvalue weighted by Gasteiger charge is 2.35. The Kier molecular flexibility index (Phi) is 9.89. The Morgan fingerprint density at radius 1 is 1.00 bits per heavy atom. The first-order chi connectivity index (χ1) is 21.2. The van der Waals surface area contributed by atoms with Crippen molar-refractivity contribution in [2.75, 3.05) is 37.4 Å². The number of aliphatic hydroxyl groups excluding tert-OH is 1. The summed E-state index contributed by atoms with van der Waals surface area (Å²) in [4.78, 5) is 43.5. The molecule has 44 heavy (non-hydrogen) atoms. The van der Waals surface area contributed by atoms with Crippen molar-refractivity contribution in [2.45, 2.75) is 64.1 Å². The molecule has 0 radical (unpaired) electrons. The van der Waals surface area contributed by atoms with Crippen LogP contribution in [0.2, 0.25) is 0 Å². The summed E-state index contributed by atoms with van der Waals surface area (Å²) in [5.74, 6) is -0.254. The lowest BCUT2D eigenvalue weighted by atomic mass is 9.96. The van der Waals surface area contributed by atoms with E-state index in [2.05, 4.69) is 16.0 Å². The quantitative estimate of drug-likeness (QED) is 0.278. The van der Waals surface area contributed by atoms with E-state index < -0.39 is 18.2 Å². The summed E-state index contributed by atoms with van der Waals surface area (Å²) < 4.78 is 6.57. The van der Waals surface area contributed by atoms with Gasteiger partial charge in [0.15, 0.2) is 5.75 Å². The number of fused-ring (bicyclic) bond motifs is 2. The number of carbonyl (C=O) groups excluding carboxylic acids is 3. The summed E-state index contributed by atoms with van der Waals surface area (Å²) >= 11 is 0. The lowest BCUT2D eigenvalue weighted by molar-refractivity contribution is 0.0368. The third kappa shape index (κ3) is 7.07. The van der Waals surface area contributed by atoms with Crippen molar-refractivity contribution < 1.29 is 24.2 Å². The molecule has 3 atom stereocenters. The number of hydrogen-bond donors (Lipinski definition) is 4. The molecule has 0 unspecified atom stereocenters. The SMILES string of the molecule is C[C@H]1CN([C@@H](C)CO)C(=O)c2cccc(NC(=O)Nc3cccc4ccccc34)c2O[C@@H]1CN(C)C(=O)NC1CCCCC1. The number of amides is 5. The number of nitrogens with one attached hydrogen (secondary N) is 3. The van der Waals surface area contributed by atoms with Gasteiger partial charge in [0.2, 0.25) is 0 Å². The fourth-order valence-corrected chi connectivity index (χ4v) is 6.05. The Morgan fingerprint density at radius 3 is 2.45 bits per heavy atom. The molecule has 3 aromatic rings. The first-order valence-electron chi connectivity index (χ1n) is 15.5. The van der Waals surface area contributed by atoms with Crippen LogP contribution in [0.1, 0.15) is 56.3 Å². The molecule has 0 aromatic heterocycles. The topological polar surface area (TPSA) is 123 Å². The van der Waals surface area contributed by atoms with Crippen molar-refractivity contribution in [1.29, 1.82) is 0 Å². The van der Waals surface area contributed by atoms with Crippen LogP contribution in [0.25, 0.3) is 10.8 Å². The van der Waals surface area contributed by atoms with Crippen molar-refractivity contribution in [3.63, 3.8) is 0 Å². The van der Waals surface area contributed by atoms with E-state index in [1.807, 2.05) is 49.4 Å². The fourth-order valence-electron chi connectivity index (χ4n) is 6.05. The smallest absolute Gasteiger partial charge is 0.323 e. The van der Waals surface area contributed by atoms with Gasteiger partial charge in [0.25, 0.3) is 5.91 Å². The Hall–Kier alpha value is -4.31. The number of likely N-dealkylation sites (N-methyl/N-ethyl adjacent to an activating group) is 1. The minimum Gasteiger partial charge on any atom is -0.485 e. The normalized spacial score (nSPS) is 19.6. The second-order valence-electron chi connectivity index (χ2n) is 12.1. The van der Waals surface area contributed by atoms with Crippen LogP contribution in [-0.4, -0.2) is 77.8 Å². The number of rotatable bonds is 7. The number of ether oxygens (including phenoxy) is 1. The molecule has 5 amide bonds. The standard InChI is InChI=1S/C34H43N5O5/c1-22-19-39(23(2)21-40)32(41)27-16-10-18-29(37-33(42)36-28-17-9-12-24-11-7-8-15-26(24)28)31(27)44-30(22)20-38(3)34(43)35-25-13-5-4-6-14-25/h7-12,15-18,22-23,25,30,40H,4-6,13-14,19-21H2,1-3H3,(H,35,43)(H2,36,37,42)/t22-,23-,30+/m0/s1. The van der Waals surface area contributed by atoms with Crippen LogP contribution in [0, 0.1) is 5.92 Å². The van der Waals surface area contributed by atoms with Gasteiger partial charge in [0.05, 0.1) is 36.1 Å². The number of benzene rings is 3. The molecule has 4 N–H and O–H groups in total. The molecular weight excluding hydrogens is 558 g/mol. The number of urea groups is 2. The van der Waals surface area contributed by atoms with E-state index in [9.17, 15) is 19.5 Å². The highest BCUT2D eigenvalue weighted by molar-refractivity contribution is 6.08. The van der Waals surface area contributed by atoms with E-state index in [0.717, 1.165) is 36.5 Å². The van der Waals surface area contributed by atoms with Gasteiger partial charge in [-0.15, -0.1) is 0 Å². The highest BCUT2D eigenvalue weighted by atomic mass is 16.5. The molecular formula is C34H43N5O5. The third-order valence-corrected chi connectivity index (χ3v) is 8.71. The van der Waals surface area contributed by atoms with Gasteiger partial charge in [0, 0.05) is 30.9 Å². The van der Waals surface area contributed by atoms with Crippen LogP contribution in [-0.2, 0) is 0 Å². The summed E-state index contributed by atoms with van der Waals surface area (Å²) in [5, 5.41) is 20.8. The van der Waals surface area contributed by atoms with Crippen LogP contribution in [0.3, 0.4) is 0 Å². The summed E-state index contributed by atoms with van der Waals surface area (Å²) in [6.07, 6.45) is 4.90. The van der Waals surface area contributed by atoms with Gasteiger partial charge in [-0.1, -0.05) is 68.7 Å². The first kappa shape index (κ1) is 31.1. The zero-order valence-electron chi connectivity index (χ0n) is 25.7. The van der Waals surface area contributed by atoms with Crippen LogP contribution in [0.15, 0.2) is 60.7 Å². The molecule has 1 fully saturated rings. The van der Waals surface area contributed by atoms with Crippen molar-refractivity contribution >= 4 is 40.1 Å². The van der Waals surface area contributed by atoms with Crippen molar-refractivity contribution in [3.8, 4) is 5.75 Å². The molecule has 0 bridgehead atoms. The number of anilines is 2. The Bertz CT molecular complexity index is 1480. The number of carbonyl (C=O) groups is 3. The van der Waals surface area contributed by atoms with Gasteiger partial charge >= 0.3 is 12.1 Å². The molecule has 234 valence electrons. The fraction of sp³-hybridized carbons (Fsp3) is 0.441. The maximum absolute atomic E-state index is 13.8. The second-order valence-corrected chi connectivity index (χ2v) is 12.1. The van der Waals surface area contributed by atoms with Gasteiger partial charge in [0.1, 0.15) is 6.10 Å². The van der Waals surface area contributed by atoms with E-state index in [-0.39, 0.29) is 48.4 Å². The maximum Gasteiger partial charge on any atom is 0.323 e. The molecule has 1 aliphatic heterocycles. The molecule has 1 aliphatic carbocycles. The lowest BCUT2D eigenvalue weighted by Crippen LogP contribution is -2.52. The molecule has 1 saturated carbocycles. The van der Waals surface area contributed by atoms with Crippen molar-refractivity contribution in [3.05, 3.63) is 66.2 Å². The van der Waals surface area contributed by atoms with Gasteiger partial charge in [-0.25, -0.2) is 9.59 Å². The van der Waals surface area contributed by atoms with Crippen molar-refractivity contribution in [1.82, 2.24) is 15.1 Å². The number of nitrogens with zero attached hydrogens (tertiary/aromatic N) is 2. The zero-order valence-corrected chi connectivity index (χ0v) is 25.7. The van der Waals surface area contributed by atoms with Crippen LogP contribution in [0.4, 0.5) is 21.0 Å². The Labute approximate surface area is 258 Å². The zero-order chi connectivity index (χ0) is 31.2. The summed E-state index contributed by atoms with van der Waals surface area (Å²) in [7, 11) is 1.75. The Balaban J connectivity index is 1.41. The van der Waals surface area contributed by atoms with Gasteiger partial charge in [-0.2, -0.15) is 0 Å². The Morgan fingerprint density at radius 2 is 1.68 bits per heavy atom. The molecule has 3 aromatic carbocycles. The molecule has 0 spiro atoms. The van der Waals surface area contributed by atoms with E-state index in [0.29, 0.717) is 17.9 Å². The van der Waals surface area contributed by atoms with E-state index in [4.69, 9.17) is 4.74 Å². The number of aliphatic hydroxyl groups is 1. The minimum atomic E-state index is -0.499. The monoisotopic (exact) mass is 601 g/mol. The summed E-state index contributed by atoms with van der Waals surface area (Å²) in [6, 6.07) is 17.6. The first-order valence-corrected chi connectivity index (χ1v) is 15.5. The molecule has 0 saturated heterocycles. The van der Waals surface area contributed by atoms with Gasteiger partial charge in [-0.3, -0.25) is 4.79 Å². The molecule has 5 rings (SSSR count). The predicted octanol–water partition coefficient (Wildman–Crippen LogP) is 5.68. The molecule has 10 heteroatoms. The van der Waals surface area contributed by atoms with E-state index in [1.165, 1.54) is 6.42 Å².